The third-order valence-electron chi connectivity index (χ3n) is 3.63. The van der Waals surface area contributed by atoms with Crippen molar-refractivity contribution in [2.45, 2.75) is 71.3 Å². The lowest BCUT2D eigenvalue weighted by atomic mass is 9.92. The third kappa shape index (κ3) is 6.76. The van der Waals surface area contributed by atoms with E-state index in [-0.39, 0.29) is 5.54 Å². The summed E-state index contributed by atoms with van der Waals surface area (Å²) in [7, 11) is 0. The van der Waals surface area contributed by atoms with Gasteiger partial charge in [-0.25, -0.2) is 0 Å². The van der Waals surface area contributed by atoms with Crippen molar-refractivity contribution in [3.8, 4) is 0 Å². The lowest BCUT2D eigenvalue weighted by Crippen LogP contribution is -2.38. The van der Waals surface area contributed by atoms with E-state index in [4.69, 9.17) is 11.6 Å². The fourth-order valence-electron chi connectivity index (χ4n) is 2.42. The van der Waals surface area contributed by atoms with Crippen molar-refractivity contribution in [3.05, 3.63) is 34.9 Å². The van der Waals surface area contributed by atoms with Crippen molar-refractivity contribution >= 4 is 11.6 Å². The average Bonchev–Trinajstić information content (AvgIpc) is 2.38. The molecular formula is C18H30ClN. The Kier molecular flexibility index (Phi) is 7.61. The first-order chi connectivity index (χ1) is 9.44. The number of hydrogen-bond donors (Lipinski definition) is 1. The molecule has 0 aliphatic heterocycles. The molecule has 1 atom stereocenters. The van der Waals surface area contributed by atoms with Crippen LogP contribution in [0.5, 0.6) is 0 Å². The maximum absolute atomic E-state index is 6.38. The minimum atomic E-state index is 0.156. The molecule has 1 unspecified atom stereocenters. The Morgan fingerprint density at radius 2 is 1.80 bits per heavy atom. The molecular weight excluding hydrogens is 266 g/mol. The molecule has 0 spiro atoms. The molecule has 0 bridgehead atoms. The molecule has 1 N–H and O–H groups in total. The smallest absolute Gasteiger partial charge is 0.0441 e. The van der Waals surface area contributed by atoms with Gasteiger partial charge in [-0.05, 0) is 44.7 Å². The van der Waals surface area contributed by atoms with E-state index >= 15 is 0 Å². The summed E-state index contributed by atoms with van der Waals surface area (Å²) < 4.78 is 0. The lowest BCUT2D eigenvalue weighted by molar-refractivity contribution is 0.394. The van der Waals surface area contributed by atoms with Crippen LogP contribution in [0, 0.1) is 0 Å². The van der Waals surface area contributed by atoms with Crippen LogP contribution in [0.2, 0.25) is 5.02 Å². The van der Waals surface area contributed by atoms with Crippen LogP contribution in [0.4, 0.5) is 0 Å². The van der Waals surface area contributed by atoms with Crippen LogP contribution < -0.4 is 5.32 Å². The first kappa shape index (κ1) is 17.5. The van der Waals surface area contributed by atoms with Crippen LogP contribution in [-0.4, -0.2) is 12.1 Å². The van der Waals surface area contributed by atoms with Crippen LogP contribution in [-0.2, 0) is 0 Å². The number of benzene rings is 1. The van der Waals surface area contributed by atoms with Crippen LogP contribution in [0.15, 0.2) is 24.3 Å². The van der Waals surface area contributed by atoms with Crippen molar-refractivity contribution in [3.63, 3.8) is 0 Å². The van der Waals surface area contributed by atoms with Gasteiger partial charge in [-0.1, -0.05) is 62.4 Å². The predicted octanol–water partition coefficient (Wildman–Crippen LogP) is 5.78. The zero-order valence-corrected chi connectivity index (χ0v) is 14.3. The minimum absolute atomic E-state index is 0.156. The van der Waals surface area contributed by atoms with E-state index < -0.39 is 0 Å². The van der Waals surface area contributed by atoms with E-state index in [9.17, 15) is 0 Å². The monoisotopic (exact) mass is 295 g/mol. The average molecular weight is 296 g/mol. The van der Waals surface area contributed by atoms with Gasteiger partial charge >= 0.3 is 0 Å². The summed E-state index contributed by atoms with van der Waals surface area (Å²) in [4.78, 5) is 0. The molecule has 0 aromatic heterocycles. The maximum Gasteiger partial charge on any atom is 0.0441 e. The second-order valence-corrected chi connectivity index (χ2v) is 7.11. The fourth-order valence-corrected chi connectivity index (χ4v) is 2.71. The highest BCUT2D eigenvalue weighted by atomic mass is 35.5. The van der Waals surface area contributed by atoms with Gasteiger partial charge in [-0.15, -0.1) is 0 Å². The zero-order valence-electron chi connectivity index (χ0n) is 13.5. The maximum atomic E-state index is 6.38. The molecule has 0 saturated carbocycles. The van der Waals surface area contributed by atoms with E-state index in [1.54, 1.807) is 0 Å². The number of rotatable bonds is 8. The van der Waals surface area contributed by atoms with Gasteiger partial charge < -0.3 is 5.32 Å². The van der Waals surface area contributed by atoms with E-state index in [1.807, 2.05) is 12.1 Å². The van der Waals surface area contributed by atoms with Gasteiger partial charge in [0.1, 0.15) is 0 Å². The van der Waals surface area contributed by atoms with Gasteiger partial charge in [-0.2, -0.15) is 0 Å². The molecule has 2 heteroatoms. The molecule has 0 amide bonds. The Labute approximate surface area is 130 Å². The standard InChI is InChI=1S/C18H30ClN/c1-5-6-7-8-11-15(14-20-18(2,3)4)16-12-9-10-13-17(16)19/h9-10,12-13,15,20H,5-8,11,14H2,1-4H3. The topological polar surface area (TPSA) is 12.0 Å². The zero-order chi connectivity index (χ0) is 15.0. The van der Waals surface area contributed by atoms with Crippen LogP contribution in [0.25, 0.3) is 0 Å². The van der Waals surface area contributed by atoms with Crippen molar-refractivity contribution in [2.75, 3.05) is 6.54 Å². The summed E-state index contributed by atoms with van der Waals surface area (Å²) in [6.07, 6.45) is 6.45. The molecule has 0 aliphatic carbocycles. The Morgan fingerprint density at radius 3 is 2.40 bits per heavy atom. The number of unbranched alkanes of at least 4 members (excludes halogenated alkanes) is 3. The normalized spacial score (nSPS) is 13.4. The third-order valence-corrected chi connectivity index (χ3v) is 3.97. The number of nitrogens with one attached hydrogen (secondary N) is 1. The van der Waals surface area contributed by atoms with Gasteiger partial charge in [-0.3, -0.25) is 0 Å². The summed E-state index contributed by atoms with van der Waals surface area (Å²) in [6, 6.07) is 8.29. The molecule has 0 radical (unpaired) electrons. The SMILES string of the molecule is CCCCCCC(CNC(C)(C)C)c1ccccc1Cl. The molecule has 1 aromatic rings. The first-order valence-corrected chi connectivity index (χ1v) is 8.31. The van der Waals surface area contributed by atoms with Gasteiger partial charge in [0.25, 0.3) is 0 Å². The van der Waals surface area contributed by atoms with Gasteiger partial charge in [0.05, 0.1) is 0 Å². The number of halogens is 1. The molecule has 0 aliphatic rings. The molecule has 0 saturated heterocycles. The first-order valence-electron chi connectivity index (χ1n) is 7.93. The quantitative estimate of drug-likeness (QED) is 0.599. The van der Waals surface area contributed by atoms with Crippen molar-refractivity contribution in [1.29, 1.82) is 0 Å². The lowest BCUT2D eigenvalue weighted by Gasteiger charge is -2.26. The predicted molar refractivity (Wildman–Crippen MR) is 90.7 cm³/mol. The Hall–Kier alpha value is -0.530. The second-order valence-electron chi connectivity index (χ2n) is 6.70. The molecule has 1 aromatic carbocycles. The second kappa shape index (κ2) is 8.69. The summed E-state index contributed by atoms with van der Waals surface area (Å²) in [6.45, 7) is 9.90. The number of hydrogen-bond acceptors (Lipinski definition) is 1. The summed E-state index contributed by atoms with van der Waals surface area (Å²) in [5.41, 5.74) is 1.45. The summed E-state index contributed by atoms with van der Waals surface area (Å²) in [5.74, 6) is 0.514. The fraction of sp³-hybridized carbons (Fsp3) is 0.667. The Balaban J connectivity index is 2.66. The van der Waals surface area contributed by atoms with Crippen LogP contribution in [0.1, 0.15) is 71.3 Å². The van der Waals surface area contributed by atoms with Gasteiger partial charge in [0.2, 0.25) is 0 Å². The Morgan fingerprint density at radius 1 is 1.10 bits per heavy atom. The highest BCUT2D eigenvalue weighted by Crippen LogP contribution is 2.28. The van der Waals surface area contributed by atoms with Crippen LogP contribution in [0.3, 0.4) is 0 Å². The molecule has 1 nitrogen and oxygen atoms in total. The van der Waals surface area contributed by atoms with Crippen LogP contribution >= 0.6 is 11.6 Å². The summed E-state index contributed by atoms with van der Waals surface area (Å²) >= 11 is 6.38. The Bertz CT molecular complexity index is 381. The molecule has 114 valence electrons. The largest absolute Gasteiger partial charge is 0.311 e. The van der Waals surface area contributed by atoms with Crippen molar-refractivity contribution < 1.29 is 0 Å². The molecule has 0 fully saturated rings. The van der Waals surface area contributed by atoms with E-state index in [0.717, 1.165) is 11.6 Å². The highest BCUT2D eigenvalue weighted by molar-refractivity contribution is 6.31. The van der Waals surface area contributed by atoms with E-state index in [0.29, 0.717) is 5.92 Å². The molecule has 1 rings (SSSR count). The summed E-state index contributed by atoms with van der Waals surface area (Å²) in [5, 5.41) is 4.54. The van der Waals surface area contributed by atoms with Gasteiger partial charge in [0, 0.05) is 17.1 Å². The molecule has 20 heavy (non-hydrogen) atoms. The minimum Gasteiger partial charge on any atom is -0.311 e. The van der Waals surface area contributed by atoms with Gasteiger partial charge in [0.15, 0.2) is 0 Å². The molecule has 0 heterocycles. The van der Waals surface area contributed by atoms with E-state index in [2.05, 4.69) is 45.1 Å². The van der Waals surface area contributed by atoms with Crippen molar-refractivity contribution in [2.24, 2.45) is 0 Å². The van der Waals surface area contributed by atoms with E-state index in [1.165, 1.54) is 37.7 Å². The van der Waals surface area contributed by atoms with Crippen molar-refractivity contribution in [1.82, 2.24) is 5.32 Å². The highest BCUT2D eigenvalue weighted by Gasteiger charge is 2.17.